The zero-order chi connectivity index (χ0) is 15.6. The van der Waals surface area contributed by atoms with Crippen molar-refractivity contribution < 1.29 is 23.2 Å². The quantitative estimate of drug-likeness (QED) is 0.666. The first kappa shape index (κ1) is 15.7. The van der Waals surface area contributed by atoms with Gasteiger partial charge in [0.25, 0.3) is 0 Å². The molecule has 1 aliphatic rings. The van der Waals surface area contributed by atoms with Crippen LogP contribution in [0.25, 0.3) is 0 Å². The van der Waals surface area contributed by atoms with Gasteiger partial charge in [-0.1, -0.05) is 0 Å². The van der Waals surface area contributed by atoms with E-state index < -0.39 is 28.0 Å². The lowest BCUT2D eigenvalue weighted by Crippen LogP contribution is -2.30. The smallest absolute Gasteiger partial charge is 0.305 e. The Kier molecular flexibility index (Phi) is 4.50. The first-order chi connectivity index (χ1) is 9.78. The molecule has 1 aromatic carbocycles. The molecule has 116 valence electrons. The highest BCUT2D eigenvalue weighted by atomic mass is 19.1. The molecule has 0 saturated carbocycles. The van der Waals surface area contributed by atoms with Crippen molar-refractivity contribution in [3.05, 3.63) is 39.4 Å². The lowest BCUT2D eigenvalue weighted by atomic mass is 10.1. The third-order valence-electron chi connectivity index (χ3n) is 3.07. The Bertz CT molecular complexity index is 551. The average Bonchev–Trinajstić information content (AvgIpc) is 2.71. The van der Waals surface area contributed by atoms with E-state index in [1.165, 1.54) is 0 Å². The summed E-state index contributed by atoms with van der Waals surface area (Å²) in [4.78, 5) is 9.75. The van der Waals surface area contributed by atoms with Gasteiger partial charge in [-0.05, 0) is 13.8 Å². The standard InChI is InChI=1S/C13H16F2N2O4/c1-13(2)20-7-9(21-13)6-16-5-8-3-12(17(18)19)11(15)4-10(8)14/h3-4,9,16H,5-7H2,1-2H3. The Morgan fingerprint density at radius 2 is 2.14 bits per heavy atom. The second kappa shape index (κ2) is 6.00. The fourth-order valence-electron chi connectivity index (χ4n) is 2.09. The van der Waals surface area contributed by atoms with E-state index in [0.717, 1.165) is 6.07 Å². The topological polar surface area (TPSA) is 73.6 Å². The van der Waals surface area contributed by atoms with Gasteiger partial charge in [-0.15, -0.1) is 0 Å². The van der Waals surface area contributed by atoms with Gasteiger partial charge < -0.3 is 14.8 Å². The van der Waals surface area contributed by atoms with E-state index >= 15 is 0 Å². The number of nitrogens with one attached hydrogen (secondary N) is 1. The molecule has 1 fully saturated rings. The Morgan fingerprint density at radius 1 is 1.43 bits per heavy atom. The summed E-state index contributed by atoms with van der Waals surface area (Å²) >= 11 is 0. The Morgan fingerprint density at radius 3 is 2.71 bits per heavy atom. The van der Waals surface area contributed by atoms with Crippen LogP contribution in [0.4, 0.5) is 14.5 Å². The first-order valence-corrected chi connectivity index (χ1v) is 6.43. The molecular formula is C13H16F2N2O4. The number of halogens is 2. The average molecular weight is 302 g/mol. The summed E-state index contributed by atoms with van der Waals surface area (Å²) in [7, 11) is 0. The number of ether oxygens (including phenoxy) is 2. The van der Waals surface area contributed by atoms with Crippen LogP contribution in [0, 0.1) is 21.7 Å². The summed E-state index contributed by atoms with van der Waals surface area (Å²) in [5.41, 5.74) is -0.712. The maximum Gasteiger partial charge on any atom is 0.305 e. The van der Waals surface area contributed by atoms with Crippen molar-refractivity contribution in [2.75, 3.05) is 13.2 Å². The van der Waals surface area contributed by atoms with Crippen LogP contribution in [-0.2, 0) is 16.0 Å². The fourth-order valence-corrected chi connectivity index (χ4v) is 2.09. The van der Waals surface area contributed by atoms with Crippen LogP contribution >= 0.6 is 0 Å². The van der Waals surface area contributed by atoms with E-state index in [2.05, 4.69) is 5.32 Å². The molecule has 1 unspecified atom stereocenters. The summed E-state index contributed by atoms with van der Waals surface area (Å²) in [6, 6.07) is 1.42. The molecule has 2 rings (SSSR count). The van der Waals surface area contributed by atoms with Crippen LogP contribution in [0.1, 0.15) is 19.4 Å². The predicted octanol–water partition coefficient (Wildman–Crippen LogP) is 2.11. The van der Waals surface area contributed by atoms with Crippen LogP contribution < -0.4 is 5.32 Å². The van der Waals surface area contributed by atoms with E-state index in [-0.39, 0.29) is 18.2 Å². The highest BCUT2D eigenvalue weighted by Crippen LogP contribution is 2.23. The molecule has 8 heteroatoms. The lowest BCUT2D eigenvalue weighted by molar-refractivity contribution is -0.387. The van der Waals surface area contributed by atoms with Crippen molar-refractivity contribution in [3.63, 3.8) is 0 Å². The molecule has 0 radical (unpaired) electrons. The van der Waals surface area contributed by atoms with Crippen molar-refractivity contribution >= 4 is 5.69 Å². The monoisotopic (exact) mass is 302 g/mol. The van der Waals surface area contributed by atoms with Gasteiger partial charge in [-0.25, -0.2) is 4.39 Å². The summed E-state index contributed by atoms with van der Waals surface area (Å²) < 4.78 is 37.7. The molecule has 0 aliphatic carbocycles. The Hall–Kier alpha value is -1.64. The molecule has 0 bridgehead atoms. The third-order valence-corrected chi connectivity index (χ3v) is 3.07. The Labute approximate surface area is 120 Å². The number of nitro groups is 1. The van der Waals surface area contributed by atoms with Crippen LogP contribution in [0.15, 0.2) is 12.1 Å². The van der Waals surface area contributed by atoms with E-state index in [0.29, 0.717) is 19.2 Å². The normalized spacial score (nSPS) is 20.7. The van der Waals surface area contributed by atoms with Gasteiger partial charge in [0, 0.05) is 30.8 Å². The highest BCUT2D eigenvalue weighted by molar-refractivity contribution is 5.37. The minimum absolute atomic E-state index is 0.0290. The summed E-state index contributed by atoms with van der Waals surface area (Å²) in [6.07, 6.45) is -0.182. The van der Waals surface area contributed by atoms with Crippen LogP contribution in [0.5, 0.6) is 0 Å². The molecule has 1 saturated heterocycles. The number of rotatable bonds is 5. The van der Waals surface area contributed by atoms with Crippen molar-refractivity contribution in [2.24, 2.45) is 0 Å². The van der Waals surface area contributed by atoms with Crippen molar-refractivity contribution in [1.82, 2.24) is 5.32 Å². The molecule has 1 aliphatic heterocycles. The molecule has 0 aromatic heterocycles. The van der Waals surface area contributed by atoms with Gasteiger partial charge in [0.2, 0.25) is 5.82 Å². The maximum absolute atomic E-state index is 13.6. The SMILES string of the molecule is CC1(C)OCC(CNCc2cc([N+](=O)[O-])c(F)cc2F)O1. The van der Waals surface area contributed by atoms with Gasteiger partial charge in [0.05, 0.1) is 17.6 Å². The van der Waals surface area contributed by atoms with E-state index in [4.69, 9.17) is 9.47 Å². The summed E-state index contributed by atoms with van der Waals surface area (Å²) in [5, 5.41) is 13.5. The number of nitrogens with zero attached hydrogens (tertiary/aromatic N) is 1. The van der Waals surface area contributed by atoms with Gasteiger partial charge in [0.15, 0.2) is 5.79 Å². The van der Waals surface area contributed by atoms with E-state index in [1.807, 2.05) is 0 Å². The van der Waals surface area contributed by atoms with Crippen molar-refractivity contribution in [2.45, 2.75) is 32.3 Å². The molecule has 1 aromatic rings. The van der Waals surface area contributed by atoms with E-state index in [9.17, 15) is 18.9 Å². The highest BCUT2D eigenvalue weighted by Gasteiger charge is 2.32. The largest absolute Gasteiger partial charge is 0.348 e. The van der Waals surface area contributed by atoms with Gasteiger partial charge in [-0.3, -0.25) is 10.1 Å². The predicted molar refractivity (Wildman–Crippen MR) is 69.6 cm³/mol. The lowest BCUT2D eigenvalue weighted by Gasteiger charge is -2.17. The second-order valence-electron chi connectivity index (χ2n) is 5.23. The molecule has 6 nitrogen and oxygen atoms in total. The molecule has 0 spiro atoms. The maximum atomic E-state index is 13.6. The first-order valence-electron chi connectivity index (χ1n) is 6.43. The van der Waals surface area contributed by atoms with Gasteiger partial charge in [0.1, 0.15) is 5.82 Å². The Balaban J connectivity index is 1.94. The molecule has 1 atom stereocenters. The molecule has 0 amide bonds. The molecule has 21 heavy (non-hydrogen) atoms. The fraction of sp³-hybridized carbons (Fsp3) is 0.538. The van der Waals surface area contributed by atoms with Crippen LogP contribution in [-0.4, -0.2) is 30.0 Å². The zero-order valence-electron chi connectivity index (χ0n) is 11.7. The number of hydrogen-bond donors (Lipinski definition) is 1. The van der Waals surface area contributed by atoms with Crippen molar-refractivity contribution in [3.8, 4) is 0 Å². The van der Waals surface area contributed by atoms with Crippen molar-refractivity contribution in [1.29, 1.82) is 0 Å². The number of benzene rings is 1. The number of nitro benzene ring substituents is 1. The molecule has 1 heterocycles. The summed E-state index contributed by atoms with van der Waals surface area (Å²) in [5.74, 6) is -2.66. The minimum atomic E-state index is -1.18. The zero-order valence-corrected chi connectivity index (χ0v) is 11.7. The minimum Gasteiger partial charge on any atom is -0.348 e. The number of hydrogen-bond acceptors (Lipinski definition) is 5. The van der Waals surface area contributed by atoms with Gasteiger partial charge >= 0.3 is 5.69 Å². The van der Waals surface area contributed by atoms with Crippen LogP contribution in [0.3, 0.4) is 0 Å². The third kappa shape index (κ3) is 3.93. The van der Waals surface area contributed by atoms with Crippen LogP contribution in [0.2, 0.25) is 0 Å². The summed E-state index contributed by atoms with van der Waals surface area (Å²) in [6.45, 7) is 4.42. The molecule has 1 N–H and O–H groups in total. The second-order valence-corrected chi connectivity index (χ2v) is 5.23. The van der Waals surface area contributed by atoms with E-state index in [1.54, 1.807) is 13.8 Å². The molecular weight excluding hydrogens is 286 g/mol. The van der Waals surface area contributed by atoms with Gasteiger partial charge in [-0.2, -0.15) is 4.39 Å².